The molecule has 0 fully saturated rings. The van der Waals surface area contributed by atoms with Crippen LogP contribution in [0.3, 0.4) is 0 Å². The standard InChI is InChI=1S/C7H7BO3/c9-6-3-1-5(2-4-6)8-7(10)11/h1-4,8-9H,(H,10,11). The number of phenols is 1. The lowest BCUT2D eigenvalue weighted by Gasteiger charge is -1.94. The van der Waals surface area contributed by atoms with Gasteiger partial charge in [-0.25, -0.2) is 0 Å². The van der Waals surface area contributed by atoms with Gasteiger partial charge in [0.25, 0.3) is 13.1 Å². The number of aromatic hydroxyl groups is 1. The summed E-state index contributed by atoms with van der Waals surface area (Å²) in [5.74, 6) is -0.713. The molecule has 11 heavy (non-hydrogen) atoms. The molecule has 56 valence electrons. The molecule has 0 aliphatic heterocycles. The minimum Gasteiger partial charge on any atom is -0.508 e. The van der Waals surface area contributed by atoms with E-state index < -0.39 is 5.87 Å². The monoisotopic (exact) mass is 150 g/mol. The molecule has 1 aromatic rings. The van der Waals surface area contributed by atoms with Gasteiger partial charge in [-0.05, 0) is 12.1 Å². The number of benzene rings is 1. The van der Waals surface area contributed by atoms with Crippen LogP contribution in [0.1, 0.15) is 0 Å². The third-order valence-electron chi connectivity index (χ3n) is 1.29. The molecule has 0 radical (unpaired) electrons. The van der Waals surface area contributed by atoms with Crippen LogP contribution in [0.5, 0.6) is 5.75 Å². The van der Waals surface area contributed by atoms with Crippen LogP contribution in [-0.2, 0) is 0 Å². The van der Waals surface area contributed by atoms with Gasteiger partial charge in [0.15, 0.2) is 0 Å². The summed E-state index contributed by atoms with van der Waals surface area (Å²) in [6.07, 6.45) is 0. The summed E-state index contributed by atoms with van der Waals surface area (Å²) in [6.45, 7) is 0. The molecule has 0 spiro atoms. The molecule has 0 unspecified atom stereocenters. The highest BCUT2D eigenvalue weighted by molar-refractivity contribution is 6.82. The van der Waals surface area contributed by atoms with Gasteiger partial charge in [-0.3, -0.25) is 4.79 Å². The number of hydrogen-bond donors (Lipinski definition) is 2. The highest BCUT2D eigenvalue weighted by Crippen LogP contribution is 2.02. The summed E-state index contributed by atoms with van der Waals surface area (Å²) in [5, 5.41) is 17.2. The van der Waals surface area contributed by atoms with Gasteiger partial charge in [0.1, 0.15) is 5.75 Å². The Morgan fingerprint density at radius 3 is 2.27 bits per heavy atom. The third-order valence-corrected chi connectivity index (χ3v) is 1.29. The molecular formula is C7H7BO3. The Morgan fingerprint density at radius 1 is 1.27 bits per heavy atom. The normalized spacial score (nSPS) is 9.09. The summed E-state index contributed by atoms with van der Waals surface area (Å²) >= 11 is 0. The number of hydrogen-bond acceptors (Lipinski definition) is 2. The van der Waals surface area contributed by atoms with E-state index >= 15 is 0 Å². The highest BCUT2D eigenvalue weighted by Gasteiger charge is 2.02. The van der Waals surface area contributed by atoms with Gasteiger partial charge in [-0.1, -0.05) is 17.6 Å². The van der Waals surface area contributed by atoms with E-state index in [1.165, 1.54) is 12.1 Å². The number of carbonyl (C=O) groups is 1. The number of carboxylic acid groups (broad SMARTS) is 1. The van der Waals surface area contributed by atoms with Gasteiger partial charge in [0, 0.05) is 0 Å². The van der Waals surface area contributed by atoms with E-state index in [2.05, 4.69) is 0 Å². The molecule has 0 saturated carbocycles. The van der Waals surface area contributed by atoms with E-state index in [4.69, 9.17) is 10.2 Å². The second-order valence-corrected chi connectivity index (χ2v) is 2.24. The molecule has 4 heteroatoms. The van der Waals surface area contributed by atoms with Crippen molar-refractivity contribution in [2.45, 2.75) is 0 Å². The maximum Gasteiger partial charge on any atom is 0.293 e. The Bertz CT molecular complexity index is 255. The molecule has 0 aromatic heterocycles. The zero-order valence-corrected chi connectivity index (χ0v) is 5.82. The Morgan fingerprint density at radius 2 is 1.82 bits per heavy atom. The van der Waals surface area contributed by atoms with Crippen LogP contribution in [0.25, 0.3) is 0 Å². The highest BCUT2D eigenvalue weighted by atomic mass is 16.4. The van der Waals surface area contributed by atoms with Gasteiger partial charge in [-0.15, -0.1) is 0 Å². The lowest BCUT2D eigenvalue weighted by Crippen LogP contribution is -2.21. The maximum absolute atomic E-state index is 10.2. The van der Waals surface area contributed by atoms with E-state index in [0.29, 0.717) is 5.46 Å². The van der Waals surface area contributed by atoms with E-state index in [9.17, 15) is 4.79 Å². The summed E-state index contributed by atoms with van der Waals surface area (Å²) in [4.78, 5) is 10.2. The fourth-order valence-electron chi connectivity index (χ4n) is 0.788. The summed E-state index contributed by atoms with van der Waals surface area (Å²) in [6, 6.07) is 6.11. The van der Waals surface area contributed by atoms with Crippen molar-refractivity contribution < 1.29 is 15.0 Å². The molecule has 0 amide bonds. The SMILES string of the molecule is O=C(O)Bc1ccc(O)cc1. The first-order valence-corrected chi connectivity index (χ1v) is 3.18. The van der Waals surface area contributed by atoms with E-state index in [1.54, 1.807) is 12.1 Å². The second kappa shape index (κ2) is 3.10. The van der Waals surface area contributed by atoms with E-state index in [1.807, 2.05) is 0 Å². The third kappa shape index (κ3) is 2.33. The van der Waals surface area contributed by atoms with Gasteiger partial charge in [0.05, 0.1) is 0 Å². The Hall–Kier alpha value is -1.45. The van der Waals surface area contributed by atoms with Crippen LogP contribution in [0.15, 0.2) is 24.3 Å². The summed E-state index contributed by atoms with van der Waals surface area (Å²) in [5.41, 5.74) is 0.690. The number of phenolic OH excluding ortho intramolecular Hbond substituents is 1. The van der Waals surface area contributed by atoms with Gasteiger partial charge in [0.2, 0.25) is 0 Å². The van der Waals surface area contributed by atoms with Gasteiger partial charge in [-0.2, -0.15) is 0 Å². The Balaban J connectivity index is 2.74. The van der Waals surface area contributed by atoms with Crippen molar-refractivity contribution in [1.29, 1.82) is 0 Å². The Labute approximate surface area is 64.5 Å². The molecule has 0 aliphatic rings. The molecule has 0 heterocycles. The molecule has 1 aromatic carbocycles. The first-order valence-electron chi connectivity index (χ1n) is 3.18. The van der Waals surface area contributed by atoms with Crippen LogP contribution < -0.4 is 5.46 Å². The van der Waals surface area contributed by atoms with Crippen molar-refractivity contribution in [3.05, 3.63) is 24.3 Å². The van der Waals surface area contributed by atoms with Crippen LogP contribution in [-0.4, -0.2) is 23.4 Å². The predicted molar refractivity (Wildman–Crippen MR) is 42.9 cm³/mol. The van der Waals surface area contributed by atoms with Crippen molar-refractivity contribution in [2.24, 2.45) is 0 Å². The van der Waals surface area contributed by atoms with Crippen molar-refractivity contribution in [3.8, 4) is 5.75 Å². The van der Waals surface area contributed by atoms with Gasteiger partial charge < -0.3 is 10.2 Å². The average Bonchev–Trinajstić information content (AvgIpc) is 1.93. The lowest BCUT2D eigenvalue weighted by molar-refractivity contribution is 0.220. The number of rotatable bonds is 2. The lowest BCUT2D eigenvalue weighted by atomic mass is 9.71. The van der Waals surface area contributed by atoms with Crippen LogP contribution >= 0.6 is 0 Å². The zero-order chi connectivity index (χ0) is 8.27. The fourth-order valence-corrected chi connectivity index (χ4v) is 0.788. The van der Waals surface area contributed by atoms with Crippen LogP contribution in [0, 0.1) is 0 Å². The molecule has 1 rings (SSSR count). The summed E-state index contributed by atoms with van der Waals surface area (Å²) < 4.78 is 0. The largest absolute Gasteiger partial charge is 0.508 e. The van der Waals surface area contributed by atoms with Crippen LogP contribution in [0.2, 0.25) is 0 Å². The topological polar surface area (TPSA) is 57.5 Å². The molecule has 0 bridgehead atoms. The summed E-state index contributed by atoms with van der Waals surface area (Å²) in [7, 11) is 0.000278. The van der Waals surface area contributed by atoms with Crippen molar-refractivity contribution in [3.63, 3.8) is 0 Å². The van der Waals surface area contributed by atoms with Crippen molar-refractivity contribution in [1.82, 2.24) is 0 Å². The maximum atomic E-state index is 10.2. The Kier molecular flexibility index (Phi) is 2.16. The minimum atomic E-state index is -0.865. The van der Waals surface area contributed by atoms with Crippen LogP contribution in [0.4, 0.5) is 4.79 Å². The first-order chi connectivity index (χ1) is 5.18. The predicted octanol–water partition coefficient (Wildman–Crippen LogP) is 0.132. The fraction of sp³-hybridized carbons (Fsp3) is 0. The molecule has 3 nitrogen and oxygen atoms in total. The average molecular weight is 150 g/mol. The molecule has 0 aliphatic carbocycles. The smallest absolute Gasteiger partial charge is 0.293 e. The molecular weight excluding hydrogens is 143 g/mol. The van der Waals surface area contributed by atoms with Crippen molar-refractivity contribution >= 4 is 18.6 Å². The minimum absolute atomic E-state index is 0.000278. The van der Waals surface area contributed by atoms with Crippen molar-refractivity contribution in [2.75, 3.05) is 0 Å². The molecule has 0 atom stereocenters. The van der Waals surface area contributed by atoms with Gasteiger partial charge >= 0.3 is 0 Å². The molecule has 0 saturated heterocycles. The zero-order valence-electron chi connectivity index (χ0n) is 5.82. The molecule has 2 N–H and O–H groups in total. The quantitative estimate of drug-likeness (QED) is 0.589. The van der Waals surface area contributed by atoms with E-state index in [0.717, 1.165) is 0 Å². The second-order valence-electron chi connectivity index (χ2n) is 2.24. The van der Waals surface area contributed by atoms with E-state index in [-0.39, 0.29) is 13.0 Å². The first kappa shape index (κ1) is 7.66.